The Balaban J connectivity index is 1.44. The molecule has 0 atom stereocenters. The zero-order chi connectivity index (χ0) is 20.6. The number of ether oxygens (including phenoxy) is 1. The summed E-state index contributed by atoms with van der Waals surface area (Å²) in [6, 6.07) is 9.91. The first kappa shape index (κ1) is 21.4. The lowest BCUT2D eigenvalue weighted by Crippen LogP contribution is -2.36. The Labute approximate surface area is 174 Å². The highest BCUT2D eigenvalue weighted by Gasteiger charge is 2.20. The maximum atomic E-state index is 13.0. The molecule has 8 heteroatoms. The molecule has 29 heavy (non-hydrogen) atoms. The summed E-state index contributed by atoms with van der Waals surface area (Å²) in [6.45, 7) is 5.23. The average Bonchev–Trinajstić information content (AvgIpc) is 3.02. The van der Waals surface area contributed by atoms with Crippen LogP contribution in [0.1, 0.15) is 24.9 Å². The summed E-state index contributed by atoms with van der Waals surface area (Å²) in [6.07, 6.45) is 0.897. The van der Waals surface area contributed by atoms with E-state index >= 15 is 0 Å². The number of carbonyl (C=O) groups excluding carboxylic acids is 2. The summed E-state index contributed by atoms with van der Waals surface area (Å²) < 4.78 is 23.6. The Morgan fingerprint density at radius 1 is 1.07 bits per heavy atom. The molecule has 156 valence electrons. The van der Waals surface area contributed by atoms with Crippen molar-refractivity contribution >= 4 is 23.6 Å². The second kappa shape index (κ2) is 10.5. The van der Waals surface area contributed by atoms with Crippen LogP contribution in [0.25, 0.3) is 0 Å². The summed E-state index contributed by atoms with van der Waals surface area (Å²) in [5.41, 5.74) is 0. The second-order valence-electron chi connectivity index (χ2n) is 6.90. The average molecular weight is 421 g/mol. The molecule has 2 heterocycles. The van der Waals surface area contributed by atoms with Crippen molar-refractivity contribution in [1.82, 2.24) is 9.80 Å². The molecule has 0 radical (unpaired) electrons. The summed E-state index contributed by atoms with van der Waals surface area (Å²) in [5, 5.41) is 0. The molecule has 3 rings (SSSR count). The predicted octanol–water partition coefficient (Wildman–Crippen LogP) is 3.31. The van der Waals surface area contributed by atoms with Crippen LogP contribution in [-0.2, 0) is 27.5 Å². The third kappa shape index (κ3) is 6.90. The first-order valence-corrected chi connectivity index (χ1v) is 10.6. The van der Waals surface area contributed by atoms with Gasteiger partial charge in [-0.15, -0.1) is 11.8 Å². The van der Waals surface area contributed by atoms with E-state index in [4.69, 9.17) is 9.15 Å². The molecule has 0 bridgehead atoms. The monoisotopic (exact) mass is 420 g/mol. The molecule has 1 saturated heterocycles. The molecule has 1 fully saturated rings. The van der Waals surface area contributed by atoms with Crippen LogP contribution in [0.15, 0.2) is 45.7 Å². The van der Waals surface area contributed by atoms with E-state index in [1.165, 1.54) is 30.8 Å². The zero-order valence-electron chi connectivity index (χ0n) is 16.4. The number of esters is 1. The summed E-state index contributed by atoms with van der Waals surface area (Å²) in [7, 11) is 0. The number of hydrogen-bond acceptors (Lipinski definition) is 6. The molecule has 2 aromatic rings. The third-order valence-electron chi connectivity index (χ3n) is 4.63. The van der Waals surface area contributed by atoms with Gasteiger partial charge in [-0.1, -0.05) is 0 Å². The Bertz CT molecular complexity index is 824. The van der Waals surface area contributed by atoms with Gasteiger partial charge < -0.3 is 14.1 Å². The number of thioether (sulfide) groups is 1. The number of nitrogens with zero attached hydrogens (tertiary/aromatic N) is 2. The van der Waals surface area contributed by atoms with Crippen molar-refractivity contribution in [3.63, 3.8) is 0 Å². The van der Waals surface area contributed by atoms with Gasteiger partial charge in [-0.05, 0) is 42.8 Å². The quantitative estimate of drug-likeness (QED) is 0.506. The molecule has 1 aliphatic heterocycles. The molecule has 0 aliphatic carbocycles. The van der Waals surface area contributed by atoms with Crippen LogP contribution in [0.3, 0.4) is 0 Å². The molecule has 1 aliphatic rings. The van der Waals surface area contributed by atoms with Crippen molar-refractivity contribution in [2.45, 2.75) is 31.4 Å². The second-order valence-corrected chi connectivity index (χ2v) is 7.95. The van der Waals surface area contributed by atoms with Crippen LogP contribution in [0.4, 0.5) is 4.39 Å². The van der Waals surface area contributed by atoms with E-state index in [1.807, 2.05) is 17.0 Å². The number of benzene rings is 1. The van der Waals surface area contributed by atoms with E-state index < -0.39 is 0 Å². The Kier molecular flexibility index (Phi) is 7.71. The minimum absolute atomic E-state index is 0.0999. The molecule has 6 nitrogen and oxygen atoms in total. The molecular formula is C21H25FN2O4S. The molecule has 1 aromatic carbocycles. The van der Waals surface area contributed by atoms with Crippen LogP contribution in [-0.4, -0.2) is 53.6 Å². The van der Waals surface area contributed by atoms with Gasteiger partial charge in [0.05, 0.1) is 12.3 Å². The smallest absolute Gasteiger partial charge is 0.303 e. The fraction of sp³-hybridized carbons (Fsp3) is 0.429. The number of halogens is 1. The van der Waals surface area contributed by atoms with Crippen LogP contribution in [0.2, 0.25) is 0 Å². The van der Waals surface area contributed by atoms with Crippen molar-refractivity contribution < 1.29 is 23.1 Å². The lowest BCUT2D eigenvalue weighted by atomic mass is 10.3. The van der Waals surface area contributed by atoms with Crippen molar-refractivity contribution in [3.8, 4) is 0 Å². The Hall–Kier alpha value is -2.32. The zero-order valence-corrected chi connectivity index (χ0v) is 17.3. The van der Waals surface area contributed by atoms with Crippen molar-refractivity contribution in [2.75, 3.05) is 31.9 Å². The van der Waals surface area contributed by atoms with Gasteiger partial charge in [0.15, 0.2) is 0 Å². The first-order chi connectivity index (χ1) is 14.0. The van der Waals surface area contributed by atoms with E-state index in [9.17, 15) is 14.0 Å². The Morgan fingerprint density at radius 2 is 1.83 bits per heavy atom. The van der Waals surface area contributed by atoms with Gasteiger partial charge in [0, 0.05) is 38.0 Å². The first-order valence-electron chi connectivity index (χ1n) is 9.59. The van der Waals surface area contributed by atoms with Gasteiger partial charge in [0.25, 0.3) is 0 Å². The van der Waals surface area contributed by atoms with Crippen molar-refractivity contribution in [1.29, 1.82) is 0 Å². The molecule has 0 unspecified atom stereocenters. The molecule has 0 saturated carbocycles. The van der Waals surface area contributed by atoms with Gasteiger partial charge in [-0.25, -0.2) is 4.39 Å². The largest absolute Gasteiger partial charge is 0.461 e. The van der Waals surface area contributed by atoms with Gasteiger partial charge in [-0.3, -0.25) is 14.5 Å². The lowest BCUT2D eigenvalue weighted by Gasteiger charge is -2.21. The van der Waals surface area contributed by atoms with Gasteiger partial charge in [0.1, 0.15) is 23.9 Å². The Morgan fingerprint density at radius 3 is 2.59 bits per heavy atom. The van der Waals surface area contributed by atoms with E-state index in [-0.39, 0.29) is 24.3 Å². The lowest BCUT2D eigenvalue weighted by molar-refractivity contribution is -0.142. The van der Waals surface area contributed by atoms with Crippen LogP contribution in [0, 0.1) is 5.82 Å². The third-order valence-corrected chi connectivity index (χ3v) is 5.63. The highest BCUT2D eigenvalue weighted by Crippen LogP contribution is 2.19. The number of amides is 1. The molecule has 1 amide bonds. The molecular weight excluding hydrogens is 395 g/mol. The maximum Gasteiger partial charge on any atom is 0.303 e. The number of rotatable bonds is 7. The number of carbonyl (C=O) groups is 2. The van der Waals surface area contributed by atoms with E-state index in [0.717, 1.165) is 36.7 Å². The summed E-state index contributed by atoms with van der Waals surface area (Å²) >= 11 is 1.43. The topological polar surface area (TPSA) is 63.0 Å². The van der Waals surface area contributed by atoms with E-state index in [1.54, 1.807) is 12.1 Å². The maximum absolute atomic E-state index is 13.0. The highest BCUT2D eigenvalue weighted by atomic mass is 32.2. The van der Waals surface area contributed by atoms with Crippen molar-refractivity contribution in [3.05, 3.63) is 53.7 Å². The minimum atomic E-state index is -0.335. The normalized spacial score (nSPS) is 15.2. The summed E-state index contributed by atoms with van der Waals surface area (Å²) in [5.74, 6) is 1.28. The summed E-state index contributed by atoms with van der Waals surface area (Å²) in [4.78, 5) is 28.5. The molecule has 1 aromatic heterocycles. The van der Waals surface area contributed by atoms with E-state index in [0.29, 0.717) is 24.6 Å². The van der Waals surface area contributed by atoms with Crippen LogP contribution < -0.4 is 0 Å². The molecule has 0 N–H and O–H groups in total. The standard InChI is InChI=1S/C21H25FN2O4S/c1-16(25)27-14-19-6-5-18(28-19)13-23-9-2-10-24(12-11-23)21(26)15-29-20-7-3-17(22)4-8-20/h3-8H,2,9-15H2,1H3. The molecule has 0 spiro atoms. The number of furan rings is 1. The van der Waals surface area contributed by atoms with Crippen LogP contribution >= 0.6 is 11.8 Å². The van der Waals surface area contributed by atoms with Gasteiger partial charge >= 0.3 is 5.97 Å². The van der Waals surface area contributed by atoms with Crippen molar-refractivity contribution in [2.24, 2.45) is 0 Å². The van der Waals surface area contributed by atoms with E-state index in [2.05, 4.69) is 4.90 Å². The fourth-order valence-corrected chi connectivity index (χ4v) is 3.92. The minimum Gasteiger partial charge on any atom is -0.461 e. The van der Waals surface area contributed by atoms with Crippen LogP contribution in [0.5, 0.6) is 0 Å². The SMILES string of the molecule is CC(=O)OCc1ccc(CN2CCCN(C(=O)CSc3ccc(F)cc3)CC2)o1. The predicted molar refractivity (Wildman–Crippen MR) is 108 cm³/mol. The van der Waals surface area contributed by atoms with Gasteiger partial charge in [0.2, 0.25) is 5.91 Å². The highest BCUT2D eigenvalue weighted by molar-refractivity contribution is 8.00. The van der Waals surface area contributed by atoms with Gasteiger partial charge in [-0.2, -0.15) is 0 Å². The number of hydrogen-bond donors (Lipinski definition) is 0. The fourth-order valence-electron chi connectivity index (χ4n) is 3.12.